The van der Waals surface area contributed by atoms with Gasteiger partial charge in [-0.05, 0) is 12.1 Å². The van der Waals surface area contributed by atoms with Gasteiger partial charge in [0.05, 0.1) is 0 Å². The van der Waals surface area contributed by atoms with Gasteiger partial charge in [-0.2, -0.15) is 9.78 Å². The Morgan fingerprint density at radius 1 is 1.42 bits per heavy atom. The number of oxime groups is 1. The molecular formula is C11H17N5O3. The Kier molecular flexibility index (Phi) is 4.74. The van der Waals surface area contributed by atoms with Gasteiger partial charge in [0.2, 0.25) is 11.6 Å². The molecule has 0 spiro atoms. The quantitative estimate of drug-likeness (QED) is 0.378. The van der Waals surface area contributed by atoms with Gasteiger partial charge in [-0.25, -0.2) is 9.78 Å². The third kappa shape index (κ3) is 4.16. The molecule has 1 amide bonds. The van der Waals surface area contributed by atoms with Crippen molar-refractivity contribution in [2.75, 3.05) is 6.54 Å². The fraction of sp³-hybridized carbons (Fsp3) is 0.545. The van der Waals surface area contributed by atoms with E-state index in [1.54, 1.807) is 27.7 Å². The van der Waals surface area contributed by atoms with Gasteiger partial charge in [-0.3, -0.25) is 9.63 Å². The number of Topliss-reactive ketones (excluding diaryl/α,β-unsaturated/α-hetero) is 1. The number of rotatable bonds is 3. The molecule has 0 radical (unpaired) electrons. The zero-order valence-corrected chi connectivity index (χ0v) is 11.4. The van der Waals surface area contributed by atoms with Gasteiger partial charge in [-0.15, -0.1) is 0 Å². The van der Waals surface area contributed by atoms with Gasteiger partial charge in [0.15, 0.2) is 0 Å². The summed E-state index contributed by atoms with van der Waals surface area (Å²) >= 11 is 0. The van der Waals surface area contributed by atoms with E-state index < -0.39 is 11.5 Å². The van der Waals surface area contributed by atoms with Gasteiger partial charge < -0.3 is 5.32 Å². The molecule has 8 heteroatoms. The summed E-state index contributed by atoms with van der Waals surface area (Å²) in [5, 5.41) is 9.78. The van der Waals surface area contributed by atoms with Crippen LogP contribution in [0, 0.1) is 5.41 Å². The third-order valence-corrected chi connectivity index (χ3v) is 2.06. The lowest BCUT2D eigenvalue weighted by molar-refractivity contribution is -0.120. The zero-order chi connectivity index (χ0) is 14.5. The van der Waals surface area contributed by atoms with Crippen molar-refractivity contribution in [3.63, 3.8) is 0 Å². The molecule has 0 atom stereocenters. The summed E-state index contributed by atoms with van der Waals surface area (Å²) < 4.78 is 1.16. The van der Waals surface area contributed by atoms with Gasteiger partial charge >= 0.3 is 6.09 Å². The molecule has 1 aromatic rings. The Morgan fingerprint density at radius 3 is 2.58 bits per heavy atom. The molecule has 1 rings (SSSR count). The number of nitrogens with one attached hydrogen (secondary N) is 1. The Labute approximate surface area is 110 Å². The SMILES string of the molecule is CCNC(=O)O/N=C(/C(=O)C(C)(C)C)n1cncn1. The van der Waals surface area contributed by atoms with E-state index in [0.29, 0.717) is 6.54 Å². The Balaban J connectivity index is 2.98. The Morgan fingerprint density at radius 2 is 2.11 bits per heavy atom. The van der Waals surface area contributed by atoms with E-state index in [1.807, 2.05) is 0 Å². The number of aromatic nitrogens is 3. The molecule has 1 aromatic heterocycles. The molecule has 0 aliphatic rings. The molecule has 0 bridgehead atoms. The van der Waals surface area contributed by atoms with Crippen LogP contribution >= 0.6 is 0 Å². The monoisotopic (exact) mass is 267 g/mol. The lowest BCUT2D eigenvalue weighted by atomic mass is 9.90. The third-order valence-electron chi connectivity index (χ3n) is 2.06. The highest BCUT2D eigenvalue weighted by molar-refractivity contribution is 6.40. The lowest BCUT2D eigenvalue weighted by Gasteiger charge is -2.16. The van der Waals surface area contributed by atoms with Crippen LogP contribution in [-0.4, -0.2) is 39.0 Å². The molecule has 0 aromatic carbocycles. The van der Waals surface area contributed by atoms with Crippen LogP contribution in [0.1, 0.15) is 27.7 Å². The minimum atomic E-state index is -0.734. The summed E-state index contributed by atoms with van der Waals surface area (Å²) in [6.07, 6.45) is 1.84. The number of nitrogens with zero attached hydrogens (tertiary/aromatic N) is 4. The second-order valence-electron chi connectivity index (χ2n) is 4.74. The number of carbonyl (C=O) groups excluding carboxylic acids is 2. The van der Waals surface area contributed by atoms with E-state index in [2.05, 4.69) is 25.4 Å². The van der Waals surface area contributed by atoms with Gasteiger partial charge in [-0.1, -0.05) is 20.8 Å². The summed E-state index contributed by atoms with van der Waals surface area (Å²) in [6.45, 7) is 7.33. The second kappa shape index (κ2) is 6.07. The summed E-state index contributed by atoms with van der Waals surface area (Å²) in [6, 6.07) is 0. The van der Waals surface area contributed by atoms with Crippen LogP contribution in [0.2, 0.25) is 0 Å². The molecule has 19 heavy (non-hydrogen) atoms. The lowest BCUT2D eigenvalue weighted by Crippen LogP contribution is -2.34. The molecule has 104 valence electrons. The van der Waals surface area contributed by atoms with E-state index in [4.69, 9.17) is 0 Å². The minimum absolute atomic E-state index is 0.101. The average molecular weight is 267 g/mol. The molecule has 1 N–H and O–H groups in total. The Hall–Kier alpha value is -2.25. The summed E-state index contributed by atoms with van der Waals surface area (Å²) in [4.78, 5) is 31.7. The summed E-state index contributed by atoms with van der Waals surface area (Å²) in [7, 11) is 0. The van der Waals surface area contributed by atoms with Crippen molar-refractivity contribution in [1.82, 2.24) is 20.1 Å². The molecule has 0 saturated carbocycles. The van der Waals surface area contributed by atoms with E-state index in [-0.39, 0.29) is 11.6 Å². The standard InChI is InChI=1S/C11H17N5O3/c1-5-13-10(18)19-15-9(8(17)11(2,3)4)16-7-12-6-14-16/h6-7H,5H2,1-4H3,(H,13,18)/b15-9-. The molecule has 0 aliphatic heterocycles. The maximum absolute atomic E-state index is 12.2. The molecular weight excluding hydrogens is 250 g/mol. The van der Waals surface area contributed by atoms with Crippen molar-refractivity contribution in [2.45, 2.75) is 27.7 Å². The first-order valence-corrected chi connectivity index (χ1v) is 5.79. The van der Waals surface area contributed by atoms with Crippen molar-refractivity contribution in [3.8, 4) is 0 Å². The largest absolute Gasteiger partial charge is 0.433 e. The normalized spacial score (nSPS) is 12.1. The van der Waals surface area contributed by atoms with Crippen molar-refractivity contribution in [2.24, 2.45) is 10.6 Å². The van der Waals surface area contributed by atoms with Crippen LogP contribution in [0.3, 0.4) is 0 Å². The zero-order valence-electron chi connectivity index (χ0n) is 11.4. The smallest absolute Gasteiger partial charge is 0.320 e. The van der Waals surface area contributed by atoms with Crippen molar-refractivity contribution < 1.29 is 14.4 Å². The van der Waals surface area contributed by atoms with Crippen molar-refractivity contribution >= 4 is 17.7 Å². The number of hydrogen-bond acceptors (Lipinski definition) is 6. The molecule has 1 heterocycles. The van der Waals surface area contributed by atoms with Crippen LogP contribution in [0.4, 0.5) is 4.79 Å². The Bertz CT molecular complexity index is 473. The fourth-order valence-corrected chi connectivity index (χ4v) is 1.10. The maximum Gasteiger partial charge on any atom is 0.433 e. The highest BCUT2D eigenvalue weighted by atomic mass is 16.7. The van der Waals surface area contributed by atoms with Crippen LogP contribution in [0.15, 0.2) is 17.8 Å². The first-order valence-electron chi connectivity index (χ1n) is 5.79. The molecule has 0 saturated heterocycles. The maximum atomic E-state index is 12.2. The van der Waals surface area contributed by atoms with Crippen LogP contribution in [-0.2, 0) is 9.63 Å². The van der Waals surface area contributed by atoms with E-state index in [1.165, 1.54) is 12.7 Å². The van der Waals surface area contributed by atoms with E-state index in [9.17, 15) is 9.59 Å². The van der Waals surface area contributed by atoms with Gasteiger partial charge in [0, 0.05) is 12.0 Å². The molecule has 0 aliphatic carbocycles. The second-order valence-corrected chi connectivity index (χ2v) is 4.74. The first kappa shape index (κ1) is 14.8. The predicted octanol–water partition coefficient (Wildman–Crippen LogP) is 0.801. The molecule has 0 fully saturated rings. The number of amides is 1. The fourth-order valence-electron chi connectivity index (χ4n) is 1.10. The van der Waals surface area contributed by atoms with Gasteiger partial charge in [0.25, 0.3) is 0 Å². The summed E-state index contributed by atoms with van der Waals surface area (Å²) in [5.41, 5.74) is -0.685. The van der Waals surface area contributed by atoms with Crippen molar-refractivity contribution in [1.29, 1.82) is 0 Å². The topological polar surface area (TPSA) is 98.5 Å². The number of carbonyl (C=O) groups is 2. The van der Waals surface area contributed by atoms with Gasteiger partial charge in [0.1, 0.15) is 12.7 Å². The average Bonchev–Trinajstić information content (AvgIpc) is 2.82. The van der Waals surface area contributed by atoms with Crippen LogP contribution < -0.4 is 5.32 Å². The number of ketones is 1. The minimum Gasteiger partial charge on any atom is -0.320 e. The first-order chi connectivity index (χ1) is 8.86. The highest BCUT2D eigenvalue weighted by Crippen LogP contribution is 2.16. The highest BCUT2D eigenvalue weighted by Gasteiger charge is 2.29. The molecule has 0 unspecified atom stereocenters. The van der Waals surface area contributed by atoms with Crippen molar-refractivity contribution in [3.05, 3.63) is 12.7 Å². The predicted molar refractivity (Wildman–Crippen MR) is 67.5 cm³/mol. The van der Waals surface area contributed by atoms with E-state index in [0.717, 1.165) is 4.68 Å². The molecule has 8 nitrogen and oxygen atoms in total. The van der Waals surface area contributed by atoms with E-state index >= 15 is 0 Å². The van der Waals surface area contributed by atoms with Crippen LogP contribution in [0.5, 0.6) is 0 Å². The van der Waals surface area contributed by atoms with Crippen LogP contribution in [0.25, 0.3) is 0 Å². The summed E-state index contributed by atoms with van der Waals surface area (Å²) in [5.74, 6) is -0.418. The number of hydrogen-bond donors (Lipinski definition) is 1.